The monoisotopic (exact) mass is 285 g/mol. The van der Waals surface area contributed by atoms with Gasteiger partial charge in [0.15, 0.2) is 0 Å². The first-order valence-corrected chi connectivity index (χ1v) is 8.11. The van der Waals surface area contributed by atoms with E-state index < -0.39 is 0 Å². The van der Waals surface area contributed by atoms with Crippen molar-refractivity contribution < 1.29 is 5.11 Å². The second kappa shape index (κ2) is 5.17. The number of rotatable bonds is 2. The number of hydrogen-bond donors (Lipinski definition) is 1. The smallest absolute Gasteiger partial charge is 0.115 e. The quantitative estimate of drug-likeness (QED) is 0.834. The van der Waals surface area contributed by atoms with Gasteiger partial charge in [-0.15, -0.1) is 0 Å². The number of phenols is 1. The number of allylic oxidation sites excluding steroid dienone is 1. The zero-order chi connectivity index (χ0) is 15.2. The molecule has 2 heteroatoms. The second-order valence-corrected chi connectivity index (χ2v) is 7.35. The van der Waals surface area contributed by atoms with Crippen LogP contribution in [-0.4, -0.2) is 29.1 Å². The molecule has 1 unspecified atom stereocenters. The summed E-state index contributed by atoms with van der Waals surface area (Å²) in [5.74, 6) is 1.04. The van der Waals surface area contributed by atoms with Crippen molar-refractivity contribution in [2.45, 2.75) is 52.0 Å². The average Bonchev–Trinajstić information content (AvgIpc) is 2.43. The van der Waals surface area contributed by atoms with E-state index in [4.69, 9.17) is 0 Å². The number of benzene rings is 1. The lowest BCUT2D eigenvalue weighted by molar-refractivity contribution is 0.0397. The van der Waals surface area contributed by atoms with Gasteiger partial charge in [0.1, 0.15) is 5.75 Å². The molecule has 0 spiro atoms. The molecule has 2 nitrogen and oxygen atoms in total. The van der Waals surface area contributed by atoms with Crippen LogP contribution in [0.3, 0.4) is 0 Å². The molecule has 0 amide bonds. The van der Waals surface area contributed by atoms with Crippen LogP contribution in [-0.2, 0) is 11.8 Å². The van der Waals surface area contributed by atoms with Crippen LogP contribution in [0.2, 0.25) is 0 Å². The maximum absolute atomic E-state index is 9.87. The Morgan fingerprint density at radius 2 is 2.19 bits per heavy atom. The summed E-state index contributed by atoms with van der Waals surface area (Å²) in [6, 6.07) is 6.60. The summed E-state index contributed by atoms with van der Waals surface area (Å²) in [5.41, 5.74) is 4.42. The third-order valence-corrected chi connectivity index (χ3v) is 5.84. The van der Waals surface area contributed by atoms with Crippen molar-refractivity contribution in [2.24, 2.45) is 5.92 Å². The second-order valence-electron chi connectivity index (χ2n) is 7.35. The third kappa shape index (κ3) is 2.40. The predicted molar refractivity (Wildman–Crippen MR) is 87.7 cm³/mol. The summed E-state index contributed by atoms with van der Waals surface area (Å²) < 4.78 is 0. The Hall–Kier alpha value is -1.28. The van der Waals surface area contributed by atoms with Crippen LogP contribution in [0.25, 0.3) is 0 Å². The lowest BCUT2D eigenvalue weighted by atomic mass is 9.59. The van der Waals surface area contributed by atoms with Crippen LogP contribution in [0.1, 0.15) is 45.2 Å². The molecule has 2 bridgehead atoms. The van der Waals surface area contributed by atoms with Crippen LogP contribution in [0.5, 0.6) is 5.75 Å². The highest BCUT2D eigenvalue weighted by Crippen LogP contribution is 2.49. The van der Waals surface area contributed by atoms with Gasteiger partial charge in [0.05, 0.1) is 0 Å². The molecule has 1 N–H and O–H groups in total. The number of piperidine rings is 1. The minimum Gasteiger partial charge on any atom is -0.508 e. The summed E-state index contributed by atoms with van der Waals surface area (Å²) in [6.45, 7) is 11.4. The first-order chi connectivity index (χ1) is 9.91. The minimum absolute atomic E-state index is 0.207. The number of fused-ring (bicyclic) bond motifs is 4. The number of hydrogen-bond acceptors (Lipinski definition) is 2. The zero-order valence-electron chi connectivity index (χ0n) is 13.7. The van der Waals surface area contributed by atoms with Crippen molar-refractivity contribution in [3.8, 4) is 5.75 Å². The van der Waals surface area contributed by atoms with Gasteiger partial charge in [-0.3, -0.25) is 4.90 Å². The molecule has 1 aromatic rings. The molecular weight excluding hydrogens is 258 g/mol. The fourth-order valence-electron chi connectivity index (χ4n) is 4.22. The fourth-order valence-corrected chi connectivity index (χ4v) is 4.22. The molecule has 114 valence electrons. The Balaban J connectivity index is 1.96. The number of nitrogens with zero attached hydrogens (tertiary/aromatic N) is 1. The summed E-state index contributed by atoms with van der Waals surface area (Å²) >= 11 is 0. The molecule has 1 fully saturated rings. The van der Waals surface area contributed by atoms with E-state index in [-0.39, 0.29) is 5.41 Å². The fraction of sp³-hybridized carbons (Fsp3) is 0.579. The van der Waals surface area contributed by atoms with Crippen molar-refractivity contribution in [3.63, 3.8) is 0 Å². The van der Waals surface area contributed by atoms with E-state index in [1.165, 1.54) is 23.1 Å². The molecule has 0 radical (unpaired) electrons. The minimum atomic E-state index is 0.207. The van der Waals surface area contributed by atoms with Crippen LogP contribution in [0, 0.1) is 5.92 Å². The van der Waals surface area contributed by atoms with E-state index in [9.17, 15) is 5.11 Å². The molecule has 1 aliphatic carbocycles. The van der Waals surface area contributed by atoms with Crippen LogP contribution < -0.4 is 0 Å². The molecule has 3 atom stereocenters. The van der Waals surface area contributed by atoms with E-state index in [1.54, 1.807) is 0 Å². The topological polar surface area (TPSA) is 23.5 Å². The molecule has 0 saturated carbocycles. The molecule has 1 heterocycles. The Kier molecular flexibility index (Phi) is 3.61. The Bertz CT molecular complexity index is 573. The van der Waals surface area contributed by atoms with Gasteiger partial charge in [0.25, 0.3) is 0 Å². The standard InChI is InChI=1S/C19H27NO/c1-13(2)7-9-20-10-8-19(4)14(3)18(20)11-15-5-6-16(21)12-17(15)19/h5-7,12,14,18,21H,8-11H2,1-4H3/t14-,18?,19+/m1/s1. The third-order valence-electron chi connectivity index (χ3n) is 5.84. The largest absolute Gasteiger partial charge is 0.508 e. The summed E-state index contributed by atoms with van der Waals surface area (Å²) in [6.07, 6.45) is 4.64. The van der Waals surface area contributed by atoms with Gasteiger partial charge >= 0.3 is 0 Å². The molecular formula is C19H27NO. The van der Waals surface area contributed by atoms with E-state index in [1.807, 2.05) is 12.1 Å². The Labute approximate surface area is 128 Å². The maximum Gasteiger partial charge on any atom is 0.115 e. The highest BCUT2D eigenvalue weighted by Gasteiger charge is 2.48. The van der Waals surface area contributed by atoms with E-state index in [0.717, 1.165) is 19.5 Å². The van der Waals surface area contributed by atoms with Crippen LogP contribution >= 0.6 is 0 Å². The molecule has 0 aromatic heterocycles. The van der Waals surface area contributed by atoms with E-state index in [0.29, 0.717) is 17.7 Å². The molecule has 21 heavy (non-hydrogen) atoms. The number of phenolic OH excluding ortho intramolecular Hbond substituents is 1. The van der Waals surface area contributed by atoms with Gasteiger partial charge in [-0.1, -0.05) is 31.6 Å². The molecule has 3 rings (SSSR count). The van der Waals surface area contributed by atoms with Gasteiger partial charge in [-0.2, -0.15) is 0 Å². The summed E-state index contributed by atoms with van der Waals surface area (Å²) in [7, 11) is 0. The van der Waals surface area contributed by atoms with Crippen LogP contribution in [0.15, 0.2) is 29.8 Å². The Morgan fingerprint density at radius 1 is 1.43 bits per heavy atom. The maximum atomic E-state index is 9.87. The molecule has 1 aromatic carbocycles. The molecule has 2 aliphatic rings. The van der Waals surface area contributed by atoms with Crippen LogP contribution in [0.4, 0.5) is 0 Å². The van der Waals surface area contributed by atoms with Gasteiger partial charge in [0.2, 0.25) is 0 Å². The van der Waals surface area contributed by atoms with Gasteiger partial charge < -0.3 is 5.11 Å². The molecule has 1 aliphatic heterocycles. The number of likely N-dealkylation sites (tertiary alicyclic amines) is 1. The van der Waals surface area contributed by atoms with Crippen molar-refractivity contribution in [1.82, 2.24) is 4.90 Å². The highest BCUT2D eigenvalue weighted by molar-refractivity contribution is 5.44. The van der Waals surface area contributed by atoms with Gasteiger partial charge in [-0.25, -0.2) is 0 Å². The molecule has 1 saturated heterocycles. The number of aromatic hydroxyl groups is 1. The Morgan fingerprint density at radius 3 is 2.90 bits per heavy atom. The first-order valence-electron chi connectivity index (χ1n) is 8.11. The lowest BCUT2D eigenvalue weighted by Gasteiger charge is -2.54. The SMILES string of the molecule is CC(C)=CCN1CC[C@]2(C)c3cc(O)ccc3CC1[C@H]2C. The normalized spacial score (nSPS) is 31.6. The van der Waals surface area contributed by atoms with E-state index >= 15 is 0 Å². The lowest BCUT2D eigenvalue weighted by Crippen LogP contribution is -2.57. The van der Waals surface area contributed by atoms with Gasteiger partial charge in [-0.05, 0) is 67.8 Å². The summed E-state index contributed by atoms with van der Waals surface area (Å²) in [4.78, 5) is 2.65. The van der Waals surface area contributed by atoms with Gasteiger partial charge in [0, 0.05) is 12.6 Å². The van der Waals surface area contributed by atoms with Crippen molar-refractivity contribution >= 4 is 0 Å². The van der Waals surface area contributed by atoms with Crippen molar-refractivity contribution in [1.29, 1.82) is 0 Å². The van der Waals surface area contributed by atoms with E-state index in [2.05, 4.69) is 44.7 Å². The summed E-state index contributed by atoms with van der Waals surface area (Å²) in [5, 5.41) is 9.87. The average molecular weight is 285 g/mol. The van der Waals surface area contributed by atoms with Crippen molar-refractivity contribution in [2.75, 3.05) is 13.1 Å². The predicted octanol–water partition coefficient (Wildman–Crippen LogP) is 3.88. The zero-order valence-corrected chi connectivity index (χ0v) is 13.7. The highest BCUT2D eigenvalue weighted by atomic mass is 16.3. The first kappa shape index (κ1) is 14.6. The van der Waals surface area contributed by atoms with Crippen molar-refractivity contribution in [3.05, 3.63) is 41.0 Å².